The van der Waals surface area contributed by atoms with E-state index in [1.54, 1.807) is 0 Å². The van der Waals surface area contributed by atoms with E-state index in [1.807, 2.05) is 56.9 Å². The van der Waals surface area contributed by atoms with Gasteiger partial charge in [0, 0.05) is 31.7 Å². The van der Waals surface area contributed by atoms with E-state index in [9.17, 15) is 4.79 Å². The lowest BCUT2D eigenvalue weighted by atomic mass is 9.86. The highest BCUT2D eigenvalue weighted by Gasteiger charge is 2.32. The van der Waals surface area contributed by atoms with Crippen molar-refractivity contribution in [2.75, 3.05) is 26.2 Å². The van der Waals surface area contributed by atoms with E-state index >= 15 is 0 Å². The molecule has 1 atom stereocenters. The number of nitrogens with zero attached hydrogens (tertiary/aromatic N) is 4. The maximum Gasteiger partial charge on any atom is 0.241 e. The Balaban J connectivity index is 0.00000210. The average molecular weight is 444 g/mol. The van der Waals surface area contributed by atoms with Crippen LogP contribution in [0.25, 0.3) is 11.4 Å². The van der Waals surface area contributed by atoms with Gasteiger partial charge in [-0.05, 0) is 12.3 Å². The van der Waals surface area contributed by atoms with Crippen molar-refractivity contribution in [1.29, 1.82) is 0 Å². The molecule has 0 bridgehead atoms. The summed E-state index contributed by atoms with van der Waals surface area (Å²) in [6.07, 6.45) is 0. The van der Waals surface area contributed by atoms with Crippen molar-refractivity contribution in [3.05, 3.63) is 35.7 Å². The largest absolute Gasteiger partial charge is 0.339 e. The van der Waals surface area contributed by atoms with Gasteiger partial charge in [-0.25, -0.2) is 0 Å². The van der Waals surface area contributed by atoms with Gasteiger partial charge in [-0.15, -0.1) is 24.8 Å². The molecule has 1 aromatic carbocycles. The zero-order valence-electron chi connectivity index (χ0n) is 17.4. The summed E-state index contributed by atoms with van der Waals surface area (Å²) in [5.41, 5.74) is 8.02. The SMILES string of the molecule is Cc1ccc(-c2noc(CN3CCN(C(=O)[C@@H](N)C(C)(C)C)CC3)n2)cc1.Cl.Cl. The van der Waals surface area contributed by atoms with Crippen LogP contribution < -0.4 is 5.73 Å². The minimum Gasteiger partial charge on any atom is -0.339 e. The predicted octanol–water partition coefficient (Wildman–Crippen LogP) is 2.91. The molecule has 1 aromatic heterocycles. The molecular formula is C20H31Cl2N5O2. The van der Waals surface area contributed by atoms with Gasteiger partial charge in [0.2, 0.25) is 17.6 Å². The quantitative estimate of drug-likeness (QED) is 0.780. The van der Waals surface area contributed by atoms with Gasteiger partial charge in [-0.2, -0.15) is 4.98 Å². The van der Waals surface area contributed by atoms with Gasteiger partial charge in [0.15, 0.2) is 0 Å². The van der Waals surface area contributed by atoms with Crippen LogP contribution in [-0.4, -0.2) is 58.1 Å². The van der Waals surface area contributed by atoms with Gasteiger partial charge in [0.25, 0.3) is 0 Å². The summed E-state index contributed by atoms with van der Waals surface area (Å²) in [6, 6.07) is 7.57. The fourth-order valence-corrected chi connectivity index (χ4v) is 3.02. The highest BCUT2D eigenvalue weighted by molar-refractivity contribution is 5.85. The fraction of sp³-hybridized carbons (Fsp3) is 0.550. The topological polar surface area (TPSA) is 88.5 Å². The Kier molecular flexibility index (Phi) is 9.09. The Hall–Kier alpha value is -1.67. The first-order chi connectivity index (χ1) is 12.7. The zero-order valence-corrected chi connectivity index (χ0v) is 19.1. The fourth-order valence-electron chi connectivity index (χ4n) is 3.02. The molecule has 0 spiro atoms. The number of aryl methyl sites for hydroxylation is 1. The molecule has 3 rings (SSSR count). The van der Waals surface area contributed by atoms with E-state index in [0.717, 1.165) is 18.7 Å². The summed E-state index contributed by atoms with van der Waals surface area (Å²) in [5, 5.41) is 4.08. The van der Waals surface area contributed by atoms with Crippen molar-refractivity contribution < 1.29 is 9.32 Å². The van der Waals surface area contributed by atoms with Crippen LogP contribution in [-0.2, 0) is 11.3 Å². The minimum absolute atomic E-state index is 0. The predicted molar refractivity (Wildman–Crippen MR) is 118 cm³/mol. The summed E-state index contributed by atoms with van der Waals surface area (Å²) in [5.74, 6) is 1.23. The van der Waals surface area contributed by atoms with Crippen LogP contribution in [0.2, 0.25) is 0 Å². The molecule has 1 fully saturated rings. The second-order valence-corrected chi connectivity index (χ2v) is 8.32. The van der Waals surface area contributed by atoms with Crippen LogP contribution in [0.15, 0.2) is 28.8 Å². The Labute approximate surface area is 184 Å². The lowest BCUT2D eigenvalue weighted by molar-refractivity contribution is -0.136. The van der Waals surface area contributed by atoms with Gasteiger partial charge >= 0.3 is 0 Å². The van der Waals surface area contributed by atoms with Crippen LogP contribution in [0.1, 0.15) is 32.2 Å². The van der Waals surface area contributed by atoms with Crippen LogP contribution in [0.3, 0.4) is 0 Å². The van der Waals surface area contributed by atoms with Crippen molar-refractivity contribution in [3.63, 3.8) is 0 Å². The number of carbonyl (C=O) groups excluding carboxylic acids is 1. The molecule has 0 aliphatic carbocycles. The minimum atomic E-state index is -0.475. The molecule has 7 nitrogen and oxygen atoms in total. The molecule has 2 heterocycles. The third-order valence-electron chi connectivity index (χ3n) is 5.02. The Bertz CT molecular complexity index is 781. The van der Waals surface area contributed by atoms with Crippen LogP contribution in [0, 0.1) is 12.3 Å². The Morgan fingerprint density at radius 3 is 2.28 bits per heavy atom. The van der Waals surface area contributed by atoms with E-state index in [2.05, 4.69) is 15.0 Å². The Morgan fingerprint density at radius 2 is 1.72 bits per heavy atom. The average Bonchev–Trinajstić information content (AvgIpc) is 3.09. The number of hydrogen-bond acceptors (Lipinski definition) is 6. The molecule has 1 saturated heterocycles. The molecule has 1 aliphatic rings. The second kappa shape index (κ2) is 10.4. The first-order valence-corrected chi connectivity index (χ1v) is 9.40. The maximum absolute atomic E-state index is 12.5. The number of piperazine rings is 1. The first-order valence-electron chi connectivity index (χ1n) is 9.40. The number of aromatic nitrogens is 2. The van der Waals surface area contributed by atoms with Crippen molar-refractivity contribution in [2.24, 2.45) is 11.1 Å². The van der Waals surface area contributed by atoms with Gasteiger partial charge in [0.1, 0.15) is 0 Å². The first kappa shape index (κ1) is 25.4. The second-order valence-electron chi connectivity index (χ2n) is 8.32. The molecule has 29 heavy (non-hydrogen) atoms. The third kappa shape index (κ3) is 6.40. The molecule has 162 valence electrons. The van der Waals surface area contributed by atoms with Crippen LogP contribution in [0.4, 0.5) is 0 Å². The van der Waals surface area contributed by atoms with Gasteiger partial charge < -0.3 is 15.2 Å². The lowest BCUT2D eigenvalue weighted by Gasteiger charge is -2.37. The van der Waals surface area contributed by atoms with Crippen molar-refractivity contribution in [3.8, 4) is 11.4 Å². The third-order valence-corrected chi connectivity index (χ3v) is 5.02. The van der Waals surface area contributed by atoms with Gasteiger partial charge in [0.05, 0.1) is 12.6 Å². The van der Waals surface area contributed by atoms with Gasteiger partial charge in [-0.3, -0.25) is 9.69 Å². The molecule has 1 aliphatic heterocycles. The molecule has 2 aromatic rings. The van der Waals surface area contributed by atoms with Crippen molar-refractivity contribution in [2.45, 2.75) is 40.3 Å². The monoisotopic (exact) mass is 443 g/mol. The van der Waals surface area contributed by atoms with Crippen LogP contribution in [0.5, 0.6) is 0 Å². The standard InChI is InChI=1S/C20H29N5O2.2ClH/c1-14-5-7-15(8-6-14)18-22-16(27-23-18)13-24-9-11-25(12-10-24)19(26)17(21)20(2,3)4;;/h5-8,17H,9-13,21H2,1-4H3;2*1H/t17-;;/m1../s1. The van der Waals surface area contributed by atoms with E-state index in [1.165, 1.54) is 5.56 Å². The van der Waals surface area contributed by atoms with E-state index in [0.29, 0.717) is 31.3 Å². The molecule has 9 heteroatoms. The lowest BCUT2D eigenvalue weighted by Crippen LogP contribution is -2.56. The van der Waals surface area contributed by atoms with E-state index in [4.69, 9.17) is 10.3 Å². The van der Waals surface area contributed by atoms with Crippen LogP contribution >= 0.6 is 24.8 Å². The molecule has 0 radical (unpaired) electrons. The highest BCUT2D eigenvalue weighted by atomic mass is 35.5. The normalized spacial score (nSPS) is 16.0. The summed E-state index contributed by atoms with van der Waals surface area (Å²) >= 11 is 0. The zero-order chi connectivity index (χ0) is 19.6. The van der Waals surface area contributed by atoms with Crippen molar-refractivity contribution in [1.82, 2.24) is 19.9 Å². The van der Waals surface area contributed by atoms with Gasteiger partial charge in [-0.1, -0.05) is 55.8 Å². The molecule has 2 N–H and O–H groups in total. The smallest absolute Gasteiger partial charge is 0.241 e. The number of nitrogens with two attached hydrogens (primary N) is 1. The number of hydrogen-bond donors (Lipinski definition) is 1. The molecule has 1 amide bonds. The Morgan fingerprint density at radius 1 is 1.14 bits per heavy atom. The number of rotatable bonds is 4. The summed E-state index contributed by atoms with van der Waals surface area (Å²) in [4.78, 5) is 21.1. The summed E-state index contributed by atoms with van der Waals surface area (Å²) in [7, 11) is 0. The molecule has 0 unspecified atom stereocenters. The molecular weight excluding hydrogens is 413 g/mol. The number of halogens is 2. The highest BCUT2D eigenvalue weighted by Crippen LogP contribution is 2.20. The number of benzene rings is 1. The summed E-state index contributed by atoms with van der Waals surface area (Å²) < 4.78 is 5.41. The van der Waals surface area contributed by atoms with Crippen molar-refractivity contribution >= 4 is 30.7 Å². The number of carbonyl (C=O) groups is 1. The maximum atomic E-state index is 12.5. The van der Waals surface area contributed by atoms with E-state index < -0.39 is 6.04 Å². The van der Waals surface area contributed by atoms with E-state index in [-0.39, 0.29) is 36.1 Å². The number of amides is 1. The molecule has 0 saturated carbocycles. The summed E-state index contributed by atoms with van der Waals surface area (Å²) in [6.45, 7) is 11.5.